The number of carbonyl (C=O) groups excluding carboxylic acids is 1. The minimum absolute atomic E-state index is 0.305. The third kappa shape index (κ3) is 3.01. The van der Waals surface area contributed by atoms with Gasteiger partial charge in [-0.2, -0.15) is 0 Å². The first-order valence-electron chi connectivity index (χ1n) is 6.77. The molecule has 0 aliphatic rings. The van der Waals surface area contributed by atoms with Crippen molar-refractivity contribution < 1.29 is 4.79 Å². The highest BCUT2D eigenvalue weighted by Crippen LogP contribution is 2.26. The molecule has 2 aromatic heterocycles. The molecule has 2 heterocycles. The zero-order valence-corrected chi connectivity index (χ0v) is 13.0. The number of aromatic nitrogens is 3. The van der Waals surface area contributed by atoms with E-state index >= 15 is 0 Å². The van der Waals surface area contributed by atoms with E-state index in [4.69, 9.17) is 0 Å². The normalized spacial score (nSPS) is 10.5. The van der Waals surface area contributed by atoms with Crippen molar-refractivity contribution in [1.29, 1.82) is 0 Å². The van der Waals surface area contributed by atoms with Crippen LogP contribution >= 0.6 is 11.5 Å². The number of carbonyl (C=O) groups is 1. The van der Waals surface area contributed by atoms with Crippen LogP contribution < -0.4 is 5.32 Å². The molecule has 22 heavy (non-hydrogen) atoms. The molecule has 5 nitrogen and oxygen atoms in total. The Labute approximate surface area is 132 Å². The molecule has 0 spiro atoms. The first-order chi connectivity index (χ1) is 10.6. The van der Waals surface area contributed by atoms with Crippen LogP contribution in [0, 0.1) is 13.8 Å². The average Bonchev–Trinajstić information content (AvgIpc) is 3.00. The van der Waals surface area contributed by atoms with Gasteiger partial charge < -0.3 is 5.32 Å². The van der Waals surface area contributed by atoms with Crippen LogP contribution in [-0.2, 0) is 0 Å². The fraction of sp³-hybridized carbons (Fsp3) is 0.125. The lowest BCUT2D eigenvalue weighted by molar-refractivity contribution is 0.102. The Hall–Kier alpha value is -2.60. The van der Waals surface area contributed by atoms with Crippen LogP contribution in [-0.4, -0.2) is 20.5 Å². The van der Waals surface area contributed by atoms with Crippen molar-refractivity contribution in [3.8, 4) is 10.4 Å². The molecule has 0 radical (unpaired) electrons. The van der Waals surface area contributed by atoms with Crippen LogP contribution in [0.3, 0.4) is 0 Å². The van der Waals surface area contributed by atoms with Gasteiger partial charge in [-0.1, -0.05) is 40.4 Å². The van der Waals surface area contributed by atoms with Gasteiger partial charge in [0, 0.05) is 6.20 Å². The van der Waals surface area contributed by atoms with Gasteiger partial charge in [0.15, 0.2) is 5.69 Å². The van der Waals surface area contributed by atoms with Crippen LogP contribution in [0.15, 0.2) is 42.6 Å². The molecule has 0 aliphatic heterocycles. The van der Waals surface area contributed by atoms with Crippen molar-refractivity contribution in [2.24, 2.45) is 0 Å². The number of benzene rings is 1. The van der Waals surface area contributed by atoms with Gasteiger partial charge in [-0.05, 0) is 42.6 Å². The van der Waals surface area contributed by atoms with Crippen molar-refractivity contribution in [2.45, 2.75) is 13.8 Å². The Balaban J connectivity index is 1.86. The third-order valence-electron chi connectivity index (χ3n) is 3.17. The second-order valence-electron chi connectivity index (χ2n) is 4.99. The molecule has 110 valence electrons. The summed E-state index contributed by atoms with van der Waals surface area (Å²) in [4.78, 5) is 17.3. The predicted octanol–water partition coefficient (Wildman–Crippen LogP) is 3.47. The van der Waals surface area contributed by atoms with Crippen LogP contribution in [0.4, 0.5) is 5.82 Å². The van der Waals surface area contributed by atoms with Gasteiger partial charge in [0.05, 0.1) is 4.88 Å². The van der Waals surface area contributed by atoms with E-state index < -0.39 is 0 Å². The summed E-state index contributed by atoms with van der Waals surface area (Å²) in [7, 11) is 0. The lowest BCUT2D eigenvalue weighted by Gasteiger charge is -2.04. The first kappa shape index (κ1) is 14.3. The number of rotatable bonds is 3. The van der Waals surface area contributed by atoms with Gasteiger partial charge in [-0.3, -0.25) is 4.79 Å². The number of pyridine rings is 1. The van der Waals surface area contributed by atoms with E-state index in [1.54, 1.807) is 12.3 Å². The first-order valence-corrected chi connectivity index (χ1v) is 7.54. The van der Waals surface area contributed by atoms with E-state index in [9.17, 15) is 4.79 Å². The molecule has 0 atom stereocenters. The molecule has 3 rings (SSSR count). The Kier molecular flexibility index (Phi) is 3.93. The second kappa shape index (κ2) is 6.03. The molecular weight excluding hydrogens is 296 g/mol. The van der Waals surface area contributed by atoms with Gasteiger partial charge in [0.1, 0.15) is 5.82 Å². The number of nitrogens with zero attached hydrogens (tertiary/aromatic N) is 3. The molecule has 1 N–H and O–H groups in total. The van der Waals surface area contributed by atoms with Crippen LogP contribution in [0.25, 0.3) is 10.4 Å². The SMILES string of the molecule is Cc1ccc(-c2snnc2C(=O)Nc2ccc(C)cn2)cc1. The third-order valence-corrected chi connectivity index (χ3v) is 3.94. The van der Waals surface area contributed by atoms with Gasteiger partial charge in [-0.15, -0.1) is 5.10 Å². The van der Waals surface area contributed by atoms with E-state index in [2.05, 4.69) is 19.9 Å². The highest BCUT2D eigenvalue weighted by molar-refractivity contribution is 7.09. The summed E-state index contributed by atoms with van der Waals surface area (Å²) < 4.78 is 3.91. The van der Waals surface area contributed by atoms with Crippen molar-refractivity contribution >= 4 is 23.3 Å². The molecule has 0 bridgehead atoms. The van der Waals surface area contributed by atoms with Crippen LogP contribution in [0.5, 0.6) is 0 Å². The smallest absolute Gasteiger partial charge is 0.278 e. The van der Waals surface area contributed by atoms with E-state index in [1.807, 2.05) is 44.2 Å². The monoisotopic (exact) mass is 310 g/mol. The minimum atomic E-state index is -0.305. The highest BCUT2D eigenvalue weighted by atomic mass is 32.1. The maximum absolute atomic E-state index is 12.4. The maximum Gasteiger partial charge on any atom is 0.278 e. The fourth-order valence-corrected chi connectivity index (χ4v) is 2.62. The number of hydrogen-bond acceptors (Lipinski definition) is 5. The Morgan fingerprint density at radius 3 is 2.45 bits per heavy atom. The topological polar surface area (TPSA) is 67.8 Å². The zero-order chi connectivity index (χ0) is 15.5. The minimum Gasteiger partial charge on any atom is -0.305 e. The van der Waals surface area contributed by atoms with Crippen molar-refractivity contribution in [2.75, 3.05) is 5.32 Å². The number of hydrogen-bond donors (Lipinski definition) is 1. The van der Waals surface area contributed by atoms with E-state index in [0.29, 0.717) is 11.5 Å². The molecule has 0 saturated carbocycles. The Bertz CT molecular complexity index is 794. The fourth-order valence-electron chi connectivity index (χ4n) is 1.95. The molecule has 1 aromatic carbocycles. The molecular formula is C16H14N4OS. The largest absolute Gasteiger partial charge is 0.305 e. The molecule has 3 aromatic rings. The average molecular weight is 310 g/mol. The molecule has 0 fully saturated rings. The van der Waals surface area contributed by atoms with Crippen molar-refractivity contribution in [3.63, 3.8) is 0 Å². The van der Waals surface area contributed by atoms with Crippen molar-refractivity contribution in [1.82, 2.24) is 14.6 Å². The molecule has 0 aliphatic carbocycles. The quantitative estimate of drug-likeness (QED) is 0.804. The summed E-state index contributed by atoms with van der Waals surface area (Å²) in [6.45, 7) is 3.96. The molecule has 6 heteroatoms. The standard InChI is InChI=1S/C16H14N4OS/c1-10-3-6-12(7-4-10)15-14(19-20-22-15)16(21)18-13-8-5-11(2)9-17-13/h3-9H,1-2H3,(H,17,18,21). The number of nitrogens with one attached hydrogen (secondary N) is 1. The van der Waals surface area contributed by atoms with E-state index in [0.717, 1.165) is 21.6 Å². The van der Waals surface area contributed by atoms with E-state index in [-0.39, 0.29) is 5.91 Å². The summed E-state index contributed by atoms with van der Waals surface area (Å²) in [6, 6.07) is 11.6. The zero-order valence-electron chi connectivity index (χ0n) is 12.2. The van der Waals surface area contributed by atoms with Gasteiger partial charge in [-0.25, -0.2) is 4.98 Å². The number of aryl methyl sites for hydroxylation is 2. The lowest BCUT2D eigenvalue weighted by atomic mass is 10.1. The lowest BCUT2D eigenvalue weighted by Crippen LogP contribution is -2.14. The molecule has 0 unspecified atom stereocenters. The molecule has 0 saturated heterocycles. The Morgan fingerprint density at radius 2 is 1.77 bits per heavy atom. The summed E-state index contributed by atoms with van der Waals surface area (Å²) in [5.41, 5.74) is 3.45. The summed E-state index contributed by atoms with van der Waals surface area (Å²) in [6.07, 6.45) is 1.70. The highest BCUT2D eigenvalue weighted by Gasteiger charge is 2.18. The summed E-state index contributed by atoms with van der Waals surface area (Å²) in [5, 5.41) is 6.70. The molecule has 1 amide bonds. The number of amides is 1. The van der Waals surface area contributed by atoms with Crippen LogP contribution in [0.1, 0.15) is 21.6 Å². The van der Waals surface area contributed by atoms with Crippen LogP contribution in [0.2, 0.25) is 0 Å². The van der Waals surface area contributed by atoms with Crippen molar-refractivity contribution in [3.05, 3.63) is 59.4 Å². The second-order valence-corrected chi connectivity index (χ2v) is 5.75. The number of anilines is 1. The maximum atomic E-state index is 12.4. The summed E-state index contributed by atoms with van der Waals surface area (Å²) >= 11 is 1.21. The van der Waals surface area contributed by atoms with Gasteiger partial charge in [0.25, 0.3) is 5.91 Å². The van der Waals surface area contributed by atoms with Gasteiger partial charge >= 0.3 is 0 Å². The van der Waals surface area contributed by atoms with E-state index in [1.165, 1.54) is 11.5 Å². The van der Waals surface area contributed by atoms with Gasteiger partial charge in [0.2, 0.25) is 0 Å². The predicted molar refractivity (Wildman–Crippen MR) is 87.0 cm³/mol. The Morgan fingerprint density at radius 1 is 1.05 bits per heavy atom. The summed E-state index contributed by atoms with van der Waals surface area (Å²) in [5.74, 6) is 0.194.